The molecule has 1 N–H and O–H groups in total. The molecule has 0 spiro atoms. The lowest BCUT2D eigenvalue weighted by Gasteiger charge is -2.26. The number of amides is 1. The minimum atomic E-state index is -0.433. The number of nitrogens with zero attached hydrogens (tertiary/aromatic N) is 4. The van der Waals surface area contributed by atoms with Gasteiger partial charge in [-0.05, 0) is 60.4 Å². The summed E-state index contributed by atoms with van der Waals surface area (Å²) in [4.78, 5) is 24.4. The third-order valence-electron chi connectivity index (χ3n) is 6.40. The summed E-state index contributed by atoms with van der Waals surface area (Å²) in [5, 5.41) is 14.5. The highest BCUT2D eigenvalue weighted by molar-refractivity contribution is 5.83. The van der Waals surface area contributed by atoms with Crippen LogP contribution in [0, 0.1) is 6.92 Å². The van der Waals surface area contributed by atoms with E-state index in [0.717, 1.165) is 41.5 Å². The lowest BCUT2D eigenvalue weighted by molar-refractivity contribution is -0.133. The molecule has 0 aliphatic carbocycles. The zero-order chi connectivity index (χ0) is 23.7. The standard InChI is InChI=1S/C27H26N4O3/c1-19-14-24(17-32)28-31(19)25-6-7-26-23(15-25)10-13-30(26)16-20-2-4-21(5-3-20)22-8-11-29(12-9-22)27(34)18-33/h2-8,10,13-15,17,33H,9,11-12,16,18H2,1H3. The molecule has 172 valence electrons. The summed E-state index contributed by atoms with van der Waals surface area (Å²) in [5.41, 5.74) is 7.03. The van der Waals surface area contributed by atoms with Gasteiger partial charge in [0.1, 0.15) is 12.3 Å². The molecule has 1 aliphatic rings. The van der Waals surface area contributed by atoms with Gasteiger partial charge in [-0.1, -0.05) is 30.3 Å². The summed E-state index contributed by atoms with van der Waals surface area (Å²) < 4.78 is 4.01. The number of carbonyl (C=O) groups is 2. The number of carbonyl (C=O) groups excluding carboxylic acids is 2. The van der Waals surface area contributed by atoms with Gasteiger partial charge in [0.2, 0.25) is 5.91 Å². The van der Waals surface area contributed by atoms with E-state index in [0.29, 0.717) is 18.8 Å². The Kier molecular flexibility index (Phi) is 5.86. The largest absolute Gasteiger partial charge is 0.387 e. The maximum absolute atomic E-state index is 11.6. The molecule has 0 saturated heterocycles. The van der Waals surface area contributed by atoms with Crippen molar-refractivity contribution in [2.24, 2.45) is 0 Å². The second-order valence-electron chi connectivity index (χ2n) is 8.60. The second kappa shape index (κ2) is 9.11. The fourth-order valence-corrected chi connectivity index (χ4v) is 4.55. The van der Waals surface area contributed by atoms with Crippen molar-refractivity contribution in [1.82, 2.24) is 19.2 Å². The molecular weight excluding hydrogens is 428 g/mol. The Morgan fingerprint density at radius 2 is 1.94 bits per heavy atom. The van der Waals surface area contributed by atoms with E-state index in [1.807, 2.05) is 13.0 Å². The van der Waals surface area contributed by atoms with E-state index in [9.17, 15) is 9.59 Å². The molecule has 0 unspecified atom stereocenters. The first-order valence-electron chi connectivity index (χ1n) is 11.3. The van der Waals surface area contributed by atoms with E-state index in [-0.39, 0.29) is 5.91 Å². The molecule has 5 rings (SSSR count). The Balaban J connectivity index is 1.32. The number of aliphatic hydroxyl groups is 1. The van der Waals surface area contributed by atoms with E-state index in [1.54, 1.807) is 15.6 Å². The minimum absolute atomic E-state index is 0.220. The SMILES string of the molecule is Cc1cc(C=O)nn1-c1ccc2c(ccn2Cc2ccc(C3=CCN(C(=O)CO)CC3)cc2)c1. The minimum Gasteiger partial charge on any atom is -0.387 e. The normalized spacial score (nSPS) is 13.8. The van der Waals surface area contributed by atoms with Gasteiger partial charge in [0.05, 0.1) is 5.69 Å². The Morgan fingerprint density at radius 3 is 2.62 bits per heavy atom. The Bertz CT molecular complexity index is 1400. The van der Waals surface area contributed by atoms with E-state index < -0.39 is 6.61 Å². The van der Waals surface area contributed by atoms with Gasteiger partial charge < -0.3 is 14.6 Å². The van der Waals surface area contributed by atoms with Gasteiger partial charge >= 0.3 is 0 Å². The fraction of sp³-hybridized carbons (Fsp3) is 0.222. The van der Waals surface area contributed by atoms with Crippen molar-refractivity contribution >= 4 is 28.7 Å². The summed E-state index contributed by atoms with van der Waals surface area (Å²) in [5.74, 6) is -0.220. The van der Waals surface area contributed by atoms with Crippen LogP contribution in [0.25, 0.3) is 22.2 Å². The maximum Gasteiger partial charge on any atom is 0.248 e. The van der Waals surface area contributed by atoms with Crippen LogP contribution >= 0.6 is 0 Å². The molecule has 1 amide bonds. The van der Waals surface area contributed by atoms with Gasteiger partial charge in [-0.3, -0.25) is 9.59 Å². The van der Waals surface area contributed by atoms with Gasteiger partial charge in [-0.25, -0.2) is 4.68 Å². The summed E-state index contributed by atoms with van der Waals surface area (Å²) in [6.07, 6.45) is 5.72. The number of aldehydes is 1. The molecule has 1 aliphatic heterocycles. The lowest BCUT2D eigenvalue weighted by Crippen LogP contribution is -2.36. The van der Waals surface area contributed by atoms with Gasteiger partial charge in [-0.2, -0.15) is 5.10 Å². The molecule has 7 heteroatoms. The van der Waals surface area contributed by atoms with Gasteiger partial charge in [0.25, 0.3) is 0 Å². The van der Waals surface area contributed by atoms with Crippen LogP contribution in [-0.2, 0) is 11.3 Å². The molecule has 0 saturated carbocycles. The summed E-state index contributed by atoms with van der Waals surface area (Å²) in [7, 11) is 0. The summed E-state index contributed by atoms with van der Waals surface area (Å²) in [6.45, 7) is 3.45. The van der Waals surface area contributed by atoms with Crippen LogP contribution in [-0.4, -0.2) is 56.2 Å². The van der Waals surface area contributed by atoms with E-state index in [1.165, 1.54) is 16.7 Å². The van der Waals surface area contributed by atoms with Crippen LogP contribution in [0.5, 0.6) is 0 Å². The Morgan fingerprint density at radius 1 is 1.12 bits per heavy atom. The van der Waals surface area contributed by atoms with Crippen LogP contribution in [0.3, 0.4) is 0 Å². The highest BCUT2D eigenvalue weighted by Crippen LogP contribution is 2.25. The number of hydrogen-bond donors (Lipinski definition) is 1. The van der Waals surface area contributed by atoms with Crippen molar-refractivity contribution in [2.45, 2.75) is 19.9 Å². The molecule has 0 atom stereocenters. The second-order valence-corrected chi connectivity index (χ2v) is 8.60. The van der Waals surface area contributed by atoms with Crippen LogP contribution in [0.4, 0.5) is 0 Å². The van der Waals surface area contributed by atoms with Crippen molar-refractivity contribution < 1.29 is 14.7 Å². The smallest absolute Gasteiger partial charge is 0.248 e. The van der Waals surface area contributed by atoms with E-state index in [4.69, 9.17) is 5.11 Å². The van der Waals surface area contributed by atoms with Crippen molar-refractivity contribution in [2.75, 3.05) is 19.7 Å². The van der Waals surface area contributed by atoms with E-state index >= 15 is 0 Å². The number of aliphatic hydroxyl groups excluding tert-OH is 1. The molecule has 0 fully saturated rings. The van der Waals surface area contributed by atoms with Gasteiger partial charge in [0, 0.05) is 42.4 Å². The van der Waals surface area contributed by atoms with Crippen LogP contribution in [0.1, 0.15) is 33.7 Å². The molecular formula is C27H26N4O3. The Labute approximate surface area is 197 Å². The zero-order valence-corrected chi connectivity index (χ0v) is 19.0. The van der Waals surface area contributed by atoms with Gasteiger partial charge in [0.15, 0.2) is 6.29 Å². The van der Waals surface area contributed by atoms with Crippen molar-refractivity contribution in [1.29, 1.82) is 0 Å². The number of hydrogen-bond acceptors (Lipinski definition) is 4. The maximum atomic E-state index is 11.6. The van der Waals surface area contributed by atoms with Crippen molar-refractivity contribution in [3.05, 3.63) is 89.4 Å². The average Bonchev–Trinajstić information content (AvgIpc) is 3.46. The number of aryl methyl sites for hydroxylation is 1. The topological polar surface area (TPSA) is 80.4 Å². The molecule has 0 bridgehead atoms. The molecule has 2 aromatic heterocycles. The molecule has 2 aromatic carbocycles. The lowest BCUT2D eigenvalue weighted by atomic mass is 9.98. The van der Waals surface area contributed by atoms with Crippen molar-refractivity contribution in [3.63, 3.8) is 0 Å². The molecule has 4 aromatic rings. The molecule has 3 heterocycles. The molecule has 7 nitrogen and oxygen atoms in total. The highest BCUT2D eigenvalue weighted by atomic mass is 16.3. The zero-order valence-electron chi connectivity index (χ0n) is 19.0. The quantitative estimate of drug-likeness (QED) is 0.452. The summed E-state index contributed by atoms with van der Waals surface area (Å²) >= 11 is 0. The number of benzene rings is 2. The van der Waals surface area contributed by atoms with Crippen LogP contribution < -0.4 is 0 Å². The van der Waals surface area contributed by atoms with Gasteiger partial charge in [-0.15, -0.1) is 0 Å². The first-order valence-corrected chi connectivity index (χ1v) is 11.3. The monoisotopic (exact) mass is 454 g/mol. The molecule has 0 radical (unpaired) electrons. The number of aromatic nitrogens is 3. The van der Waals surface area contributed by atoms with E-state index in [2.05, 4.69) is 64.4 Å². The van der Waals surface area contributed by atoms with Crippen LogP contribution in [0.2, 0.25) is 0 Å². The summed E-state index contributed by atoms with van der Waals surface area (Å²) in [6, 6.07) is 18.7. The number of rotatable bonds is 6. The predicted octanol–water partition coefficient (Wildman–Crippen LogP) is 3.60. The van der Waals surface area contributed by atoms with Crippen molar-refractivity contribution in [3.8, 4) is 5.69 Å². The highest BCUT2D eigenvalue weighted by Gasteiger charge is 2.17. The third kappa shape index (κ3) is 4.18. The first-order chi connectivity index (χ1) is 16.6. The molecule has 34 heavy (non-hydrogen) atoms. The number of fused-ring (bicyclic) bond motifs is 1. The third-order valence-corrected chi connectivity index (χ3v) is 6.40. The fourth-order valence-electron chi connectivity index (χ4n) is 4.55. The first kappa shape index (κ1) is 21.9. The predicted molar refractivity (Wildman–Crippen MR) is 131 cm³/mol. The average molecular weight is 455 g/mol. The van der Waals surface area contributed by atoms with Crippen LogP contribution in [0.15, 0.2) is 66.9 Å². The Hall–Kier alpha value is -3.97.